The first-order valence-electron chi connectivity index (χ1n) is 4.09. The summed E-state index contributed by atoms with van der Waals surface area (Å²) in [6.45, 7) is 3.68. The van der Waals surface area contributed by atoms with E-state index in [0.717, 1.165) is 15.6 Å². The van der Waals surface area contributed by atoms with E-state index < -0.39 is 10.0 Å². The highest BCUT2D eigenvalue weighted by atomic mass is 79.9. The van der Waals surface area contributed by atoms with E-state index in [0.29, 0.717) is 4.90 Å². The molecule has 0 aliphatic rings. The predicted molar refractivity (Wildman–Crippen MR) is 59.9 cm³/mol. The van der Waals surface area contributed by atoms with E-state index in [1.165, 1.54) is 7.05 Å². The van der Waals surface area contributed by atoms with E-state index in [1.807, 2.05) is 13.0 Å². The minimum Gasteiger partial charge on any atom is -0.214 e. The molecule has 0 aliphatic heterocycles. The van der Waals surface area contributed by atoms with E-state index in [4.69, 9.17) is 0 Å². The molecule has 0 saturated carbocycles. The summed E-state index contributed by atoms with van der Waals surface area (Å²) >= 11 is 3.28. The van der Waals surface area contributed by atoms with Crippen LogP contribution in [-0.2, 0) is 10.0 Å². The van der Waals surface area contributed by atoms with Crippen LogP contribution in [0.25, 0.3) is 0 Å². The van der Waals surface area contributed by atoms with Crippen molar-refractivity contribution in [3.63, 3.8) is 0 Å². The summed E-state index contributed by atoms with van der Waals surface area (Å²) in [5.74, 6) is 0. The van der Waals surface area contributed by atoms with Crippen LogP contribution in [0.1, 0.15) is 11.1 Å². The molecule has 78 valence electrons. The summed E-state index contributed by atoms with van der Waals surface area (Å²) in [5, 5.41) is 0. The number of nitrogens with one attached hydrogen (secondary N) is 1. The topological polar surface area (TPSA) is 46.2 Å². The maximum Gasteiger partial charge on any atom is 0.240 e. The Bertz CT molecular complexity index is 454. The predicted octanol–water partition coefficient (Wildman–Crippen LogP) is 1.97. The molecular weight excluding hydrogens is 266 g/mol. The highest BCUT2D eigenvalue weighted by molar-refractivity contribution is 9.10. The van der Waals surface area contributed by atoms with Crippen LogP contribution >= 0.6 is 15.9 Å². The molecule has 3 nitrogen and oxygen atoms in total. The van der Waals surface area contributed by atoms with Gasteiger partial charge in [0, 0.05) is 4.47 Å². The number of benzene rings is 1. The average molecular weight is 278 g/mol. The molecule has 0 aliphatic carbocycles. The van der Waals surface area contributed by atoms with E-state index in [2.05, 4.69) is 20.7 Å². The van der Waals surface area contributed by atoms with Gasteiger partial charge in [-0.2, -0.15) is 0 Å². The Labute approximate surface area is 92.7 Å². The van der Waals surface area contributed by atoms with Gasteiger partial charge in [-0.25, -0.2) is 13.1 Å². The van der Waals surface area contributed by atoms with E-state index in [9.17, 15) is 8.42 Å². The number of halogens is 1. The van der Waals surface area contributed by atoms with Gasteiger partial charge >= 0.3 is 0 Å². The van der Waals surface area contributed by atoms with Crippen LogP contribution in [0.4, 0.5) is 0 Å². The zero-order chi connectivity index (χ0) is 10.9. The minimum absolute atomic E-state index is 0.326. The molecule has 0 bridgehead atoms. The van der Waals surface area contributed by atoms with Crippen LogP contribution in [0, 0.1) is 13.8 Å². The zero-order valence-corrected chi connectivity index (χ0v) is 10.7. The maximum absolute atomic E-state index is 11.6. The van der Waals surface area contributed by atoms with E-state index in [-0.39, 0.29) is 0 Å². The van der Waals surface area contributed by atoms with Crippen LogP contribution < -0.4 is 4.72 Å². The van der Waals surface area contributed by atoms with Crippen LogP contribution in [0.15, 0.2) is 21.5 Å². The van der Waals surface area contributed by atoms with Crippen LogP contribution in [0.3, 0.4) is 0 Å². The molecule has 0 amide bonds. The molecule has 1 N–H and O–H groups in total. The lowest BCUT2D eigenvalue weighted by molar-refractivity contribution is 0.587. The quantitative estimate of drug-likeness (QED) is 0.899. The Balaban J connectivity index is 3.50. The van der Waals surface area contributed by atoms with Crippen molar-refractivity contribution in [3.8, 4) is 0 Å². The molecule has 0 spiro atoms. The zero-order valence-electron chi connectivity index (χ0n) is 8.26. The highest BCUT2D eigenvalue weighted by Gasteiger charge is 2.16. The van der Waals surface area contributed by atoms with Gasteiger partial charge in [-0.1, -0.05) is 15.9 Å². The third-order valence-electron chi connectivity index (χ3n) is 2.14. The maximum atomic E-state index is 11.6. The second-order valence-corrected chi connectivity index (χ2v) is 5.82. The number of sulfonamides is 1. The first-order chi connectivity index (χ1) is 6.38. The summed E-state index contributed by atoms with van der Waals surface area (Å²) in [5.41, 5.74) is 1.73. The van der Waals surface area contributed by atoms with E-state index in [1.54, 1.807) is 13.0 Å². The summed E-state index contributed by atoms with van der Waals surface area (Å²) in [6.07, 6.45) is 0. The molecule has 1 aromatic carbocycles. The van der Waals surface area contributed by atoms with E-state index >= 15 is 0 Å². The molecule has 14 heavy (non-hydrogen) atoms. The highest BCUT2D eigenvalue weighted by Crippen LogP contribution is 2.23. The third-order valence-corrected chi connectivity index (χ3v) is 4.14. The van der Waals surface area contributed by atoms with Gasteiger partial charge in [0.15, 0.2) is 0 Å². The fourth-order valence-electron chi connectivity index (χ4n) is 1.17. The molecule has 0 atom stereocenters. The van der Waals surface area contributed by atoms with Crippen molar-refractivity contribution in [2.75, 3.05) is 7.05 Å². The van der Waals surface area contributed by atoms with Crippen LogP contribution in [0.5, 0.6) is 0 Å². The molecule has 1 rings (SSSR count). The monoisotopic (exact) mass is 277 g/mol. The lowest BCUT2D eigenvalue weighted by Gasteiger charge is -2.09. The van der Waals surface area contributed by atoms with Crippen molar-refractivity contribution >= 4 is 26.0 Å². The Morgan fingerprint density at radius 2 is 1.86 bits per heavy atom. The summed E-state index contributed by atoms with van der Waals surface area (Å²) < 4.78 is 26.3. The van der Waals surface area contributed by atoms with Gasteiger partial charge in [0.2, 0.25) is 10.0 Å². The van der Waals surface area contributed by atoms with Gasteiger partial charge in [-0.3, -0.25) is 0 Å². The molecular formula is C9H12BrNO2S. The normalized spacial score (nSPS) is 11.7. The Kier molecular flexibility index (Phi) is 3.34. The van der Waals surface area contributed by atoms with Crippen molar-refractivity contribution < 1.29 is 8.42 Å². The molecule has 0 heterocycles. The average Bonchev–Trinajstić information content (AvgIpc) is 2.11. The molecule has 5 heteroatoms. The van der Waals surface area contributed by atoms with Gasteiger partial charge in [-0.15, -0.1) is 0 Å². The van der Waals surface area contributed by atoms with Gasteiger partial charge in [0.1, 0.15) is 0 Å². The van der Waals surface area contributed by atoms with Gasteiger partial charge in [0.05, 0.1) is 4.90 Å². The van der Waals surface area contributed by atoms with Crippen molar-refractivity contribution in [1.82, 2.24) is 4.72 Å². The van der Waals surface area contributed by atoms with Gasteiger partial charge in [0.25, 0.3) is 0 Å². The third kappa shape index (κ3) is 2.16. The molecule has 0 fully saturated rings. The largest absolute Gasteiger partial charge is 0.240 e. The molecule has 0 aromatic heterocycles. The lowest BCUT2D eigenvalue weighted by atomic mass is 10.1. The fraction of sp³-hybridized carbons (Fsp3) is 0.333. The van der Waals surface area contributed by atoms with Gasteiger partial charge in [-0.05, 0) is 44.2 Å². The molecule has 0 radical (unpaired) electrons. The summed E-state index contributed by atoms with van der Waals surface area (Å²) in [6, 6.07) is 3.50. The Morgan fingerprint density at radius 1 is 1.29 bits per heavy atom. The van der Waals surface area contributed by atoms with Crippen molar-refractivity contribution in [2.45, 2.75) is 18.7 Å². The number of hydrogen-bond acceptors (Lipinski definition) is 2. The van der Waals surface area contributed by atoms with Crippen molar-refractivity contribution in [3.05, 3.63) is 27.7 Å². The second kappa shape index (κ2) is 4.00. The fourth-order valence-corrected chi connectivity index (χ4v) is 2.96. The first-order valence-corrected chi connectivity index (χ1v) is 6.36. The standard InChI is InChI=1S/C9H12BrNO2S/c1-6-4-8(10)5-9(7(6)2)14(12,13)11-3/h4-5,11H,1-3H3. The van der Waals surface area contributed by atoms with Crippen LogP contribution in [-0.4, -0.2) is 15.5 Å². The SMILES string of the molecule is CNS(=O)(=O)c1cc(Br)cc(C)c1C. The Morgan fingerprint density at radius 3 is 2.36 bits per heavy atom. The second-order valence-electron chi connectivity index (χ2n) is 3.05. The molecule has 1 aromatic rings. The number of hydrogen-bond donors (Lipinski definition) is 1. The minimum atomic E-state index is -3.35. The number of aryl methyl sites for hydroxylation is 1. The van der Waals surface area contributed by atoms with Crippen molar-refractivity contribution in [1.29, 1.82) is 0 Å². The van der Waals surface area contributed by atoms with Gasteiger partial charge < -0.3 is 0 Å². The van der Waals surface area contributed by atoms with Crippen molar-refractivity contribution in [2.24, 2.45) is 0 Å². The molecule has 0 unspecified atom stereocenters. The lowest BCUT2D eigenvalue weighted by Crippen LogP contribution is -2.19. The summed E-state index contributed by atoms with van der Waals surface area (Å²) in [4.78, 5) is 0.326. The summed E-state index contributed by atoms with van der Waals surface area (Å²) in [7, 11) is -1.95. The van der Waals surface area contributed by atoms with Crippen LogP contribution in [0.2, 0.25) is 0 Å². The Hall–Kier alpha value is -0.390. The smallest absolute Gasteiger partial charge is 0.214 e. The first kappa shape index (κ1) is 11.7. The molecule has 0 saturated heterocycles. The number of rotatable bonds is 2.